The number of hydrogen-bond donors (Lipinski definition) is 2. The first-order chi connectivity index (χ1) is 20.7. The number of benzene rings is 1. The van der Waals surface area contributed by atoms with Crippen molar-refractivity contribution in [1.82, 2.24) is 40.3 Å². The number of halogens is 7. The van der Waals surface area contributed by atoms with Crippen molar-refractivity contribution in [3.8, 4) is 5.75 Å². The molecule has 0 aliphatic rings. The Kier molecular flexibility index (Phi) is 9.74. The van der Waals surface area contributed by atoms with Gasteiger partial charge in [-0.25, -0.2) is 9.07 Å². The lowest BCUT2D eigenvalue weighted by atomic mass is 10.1. The van der Waals surface area contributed by atoms with Crippen molar-refractivity contribution in [3.63, 3.8) is 0 Å². The molecule has 0 saturated carbocycles. The third-order valence-corrected chi connectivity index (χ3v) is 5.70. The normalized spacial score (nSPS) is 12.5. The molecule has 0 bridgehead atoms. The smallest absolute Gasteiger partial charge is 0.406 e. The van der Waals surface area contributed by atoms with Gasteiger partial charge < -0.3 is 15.4 Å². The van der Waals surface area contributed by atoms with Gasteiger partial charge in [0, 0.05) is 25.7 Å². The summed E-state index contributed by atoms with van der Waals surface area (Å²) in [6, 6.07) is 6.90. The number of alkyl halides is 7. The van der Waals surface area contributed by atoms with Crippen molar-refractivity contribution in [1.29, 1.82) is 0 Å². The van der Waals surface area contributed by atoms with Gasteiger partial charge in [0.2, 0.25) is 5.91 Å². The molecule has 19 heteroatoms. The number of anilines is 1. The lowest BCUT2D eigenvalue weighted by Gasteiger charge is -2.09. The second kappa shape index (κ2) is 13.5. The summed E-state index contributed by atoms with van der Waals surface area (Å²) in [5.41, 5.74) is -0.555. The van der Waals surface area contributed by atoms with Gasteiger partial charge in [-0.05, 0) is 29.3 Å². The Morgan fingerprint density at radius 1 is 0.955 bits per heavy atom. The molecule has 0 fully saturated rings. The Morgan fingerprint density at radius 3 is 2.43 bits per heavy atom. The van der Waals surface area contributed by atoms with Gasteiger partial charge in [0.1, 0.15) is 17.6 Å². The lowest BCUT2D eigenvalue weighted by Crippen LogP contribution is -2.23. The SMILES string of the molecule is O=C(Cc1cccc(OC(F)(F)F)c1)Nc1cn(CC(F)CCn2cc(C(=O)NCc3ccc(C(F)(F)F)nc3)nn2)nn1. The highest BCUT2D eigenvalue weighted by atomic mass is 19.4. The largest absolute Gasteiger partial charge is 0.573 e. The fourth-order valence-corrected chi connectivity index (χ4v) is 3.72. The van der Waals surface area contributed by atoms with Gasteiger partial charge >= 0.3 is 12.5 Å². The average Bonchev–Trinajstić information content (AvgIpc) is 3.59. The van der Waals surface area contributed by atoms with Crippen LogP contribution in [-0.2, 0) is 37.0 Å². The van der Waals surface area contributed by atoms with Crippen LogP contribution >= 0.6 is 0 Å². The Labute approximate surface area is 243 Å². The lowest BCUT2D eigenvalue weighted by molar-refractivity contribution is -0.274. The topological polar surface area (TPSA) is 142 Å². The van der Waals surface area contributed by atoms with E-state index in [2.05, 4.69) is 41.0 Å². The first-order valence-corrected chi connectivity index (χ1v) is 12.6. The summed E-state index contributed by atoms with van der Waals surface area (Å²) in [6.07, 6.45) is -7.67. The summed E-state index contributed by atoms with van der Waals surface area (Å²) in [7, 11) is 0. The van der Waals surface area contributed by atoms with Gasteiger partial charge in [0.15, 0.2) is 11.5 Å². The summed E-state index contributed by atoms with van der Waals surface area (Å²) >= 11 is 0. The number of carbonyl (C=O) groups excluding carboxylic acids is 2. The summed E-state index contributed by atoms with van der Waals surface area (Å²) in [4.78, 5) is 27.9. The summed E-state index contributed by atoms with van der Waals surface area (Å²) in [6.45, 7) is -0.295. The number of ether oxygens (including phenoxy) is 1. The second-order valence-corrected chi connectivity index (χ2v) is 9.23. The minimum absolute atomic E-state index is 0.00361. The molecule has 0 radical (unpaired) electrons. The van der Waals surface area contributed by atoms with Gasteiger partial charge in [-0.2, -0.15) is 13.2 Å². The third-order valence-electron chi connectivity index (χ3n) is 5.70. The van der Waals surface area contributed by atoms with Crippen LogP contribution in [0, 0.1) is 0 Å². The molecule has 2 amide bonds. The van der Waals surface area contributed by atoms with Crippen molar-refractivity contribution in [2.45, 2.75) is 51.2 Å². The monoisotopic (exact) mass is 629 g/mol. The number of nitrogens with zero attached hydrogens (tertiary/aromatic N) is 7. The van der Waals surface area contributed by atoms with E-state index in [1.54, 1.807) is 0 Å². The van der Waals surface area contributed by atoms with Gasteiger partial charge in [-0.15, -0.1) is 23.4 Å². The van der Waals surface area contributed by atoms with Crippen LogP contribution in [-0.4, -0.2) is 59.3 Å². The van der Waals surface area contributed by atoms with Crippen molar-refractivity contribution in [2.75, 3.05) is 5.32 Å². The fraction of sp³-hybridized carbons (Fsp3) is 0.320. The van der Waals surface area contributed by atoms with E-state index >= 15 is 0 Å². The molecule has 234 valence electrons. The standard InChI is InChI=1S/C25H22F7N9O3/c26-17(6-7-40-13-19(36-38-40)23(43)34-11-16-4-5-20(33-10-16)24(27,28)29)12-41-14-21(37-39-41)35-22(42)9-15-2-1-3-18(8-15)44-25(30,31)32/h1-5,8,10,13-14,17H,6-7,9,11-12H2,(H,34,43)(H,35,42). The molecule has 1 unspecified atom stereocenters. The van der Waals surface area contributed by atoms with Crippen LogP contribution in [0.1, 0.15) is 33.7 Å². The molecule has 1 atom stereocenters. The van der Waals surface area contributed by atoms with Crippen LogP contribution in [0.5, 0.6) is 5.75 Å². The van der Waals surface area contributed by atoms with Gasteiger partial charge in [0.25, 0.3) is 5.91 Å². The van der Waals surface area contributed by atoms with Crippen LogP contribution in [0.25, 0.3) is 0 Å². The number of nitrogens with one attached hydrogen (secondary N) is 2. The van der Waals surface area contributed by atoms with Crippen LogP contribution in [0.15, 0.2) is 55.0 Å². The van der Waals surface area contributed by atoms with E-state index in [-0.39, 0.29) is 49.6 Å². The van der Waals surface area contributed by atoms with E-state index in [9.17, 15) is 40.3 Å². The Bertz CT molecular complexity index is 1570. The maximum Gasteiger partial charge on any atom is 0.573 e. The highest BCUT2D eigenvalue weighted by molar-refractivity contribution is 5.92. The van der Waals surface area contributed by atoms with E-state index < -0.39 is 42.0 Å². The molecule has 1 aromatic carbocycles. The highest BCUT2D eigenvalue weighted by Crippen LogP contribution is 2.27. The van der Waals surface area contributed by atoms with E-state index in [0.29, 0.717) is 5.56 Å². The molecule has 0 aliphatic carbocycles. The minimum atomic E-state index is -4.87. The highest BCUT2D eigenvalue weighted by Gasteiger charge is 2.32. The first-order valence-electron chi connectivity index (χ1n) is 12.6. The van der Waals surface area contributed by atoms with E-state index in [4.69, 9.17) is 0 Å². The molecule has 12 nitrogen and oxygen atoms in total. The zero-order valence-corrected chi connectivity index (χ0v) is 22.3. The molecule has 0 saturated heterocycles. The van der Waals surface area contributed by atoms with Crippen molar-refractivity contribution >= 4 is 17.6 Å². The fourth-order valence-electron chi connectivity index (χ4n) is 3.72. The molecule has 4 rings (SSSR count). The molecule has 44 heavy (non-hydrogen) atoms. The van der Waals surface area contributed by atoms with Crippen LogP contribution in [0.4, 0.5) is 36.6 Å². The molecule has 0 spiro atoms. The maximum atomic E-state index is 14.6. The number of carbonyl (C=O) groups is 2. The van der Waals surface area contributed by atoms with E-state index in [1.807, 2.05) is 0 Å². The molecule has 3 heterocycles. The zero-order valence-electron chi connectivity index (χ0n) is 22.3. The zero-order chi connectivity index (χ0) is 31.9. The van der Waals surface area contributed by atoms with Crippen LogP contribution < -0.4 is 15.4 Å². The third kappa shape index (κ3) is 9.73. The first kappa shape index (κ1) is 31.8. The molecular weight excluding hydrogens is 607 g/mol. The average molecular weight is 629 g/mol. The Morgan fingerprint density at radius 2 is 1.73 bits per heavy atom. The molecule has 2 N–H and O–H groups in total. The molecular formula is C25H22F7N9O3. The van der Waals surface area contributed by atoms with E-state index in [0.717, 1.165) is 29.1 Å². The predicted molar refractivity (Wildman–Crippen MR) is 135 cm³/mol. The van der Waals surface area contributed by atoms with Crippen molar-refractivity contribution in [2.24, 2.45) is 0 Å². The van der Waals surface area contributed by atoms with Gasteiger partial charge in [-0.3, -0.25) is 19.3 Å². The number of aryl methyl sites for hydroxylation is 1. The van der Waals surface area contributed by atoms with Gasteiger partial charge in [0.05, 0.1) is 25.4 Å². The quantitative estimate of drug-likeness (QED) is 0.226. The second-order valence-electron chi connectivity index (χ2n) is 9.23. The number of hydrogen-bond acceptors (Lipinski definition) is 8. The molecule has 0 aliphatic heterocycles. The Hall–Kier alpha value is -5.10. The Balaban J connectivity index is 1.19. The molecule has 3 aromatic heterocycles. The molecule has 4 aromatic rings. The van der Waals surface area contributed by atoms with Gasteiger partial charge in [-0.1, -0.05) is 28.6 Å². The summed E-state index contributed by atoms with van der Waals surface area (Å²) in [5.74, 6) is -1.71. The number of pyridine rings is 1. The number of rotatable bonds is 12. The summed E-state index contributed by atoms with van der Waals surface area (Å²) < 4.78 is 95.8. The maximum absolute atomic E-state index is 14.6. The van der Waals surface area contributed by atoms with Crippen molar-refractivity contribution in [3.05, 3.63) is 77.5 Å². The number of amides is 2. The predicted octanol–water partition coefficient (Wildman–Crippen LogP) is 3.72. The van der Waals surface area contributed by atoms with Crippen LogP contribution in [0.2, 0.25) is 0 Å². The van der Waals surface area contributed by atoms with Crippen LogP contribution in [0.3, 0.4) is 0 Å². The van der Waals surface area contributed by atoms with E-state index in [1.165, 1.54) is 35.3 Å². The minimum Gasteiger partial charge on any atom is -0.406 e. The summed E-state index contributed by atoms with van der Waals surface area (Å²) in [5, 5.41) is 19.8. The number of aromatic nitrogens is 7. The van der Waals surface area contributed by atoms with Crippen molar-refractivity contribution < 1.29 is 45.1 Å².